The van der Waals surface area contributed by atoms with Crippen molar-refractivity contribution in [1.82, 2.24) is 19.9 Å². The van der Waals surface area contributed by atoms with Crippen molar-refractivity contribution in [2.45, 2.75) is 13.8 Å². The number of hydrogen-bond donors (Lipinski definition) is 0. The first kappa shape index (κ1) is 34.5. The summed E-state index contributed by atoms with van der Waals surface area (Å²) in [6.45, 7) is 4.07. The SMILES string of the molecule is Cc1ccc(-c2ccccc2-c2nc(-c3ccccc3)nc(-c3cccc(-c4cc(-c5ccccc5)c(-c5ccccc5)c(-c5ccccc5)c4)c3)n2)c(C)n1. The Morgan fingerprint density at radius 3 is 1.32 bits per heavy atom. The third-order valence-corrected chi connectivity index (χ3v) is 10.2. The Hall–Kier alpha value is -7.30. The van der Waals surface area contributed by atoms with Gasteiger partial charge in [-0.05, 0) is 88.2 Å². The molecule has 56 heavy (non-hydrogen) atoms. The van der Waals surface area contributed by atoms with E-state index >= 15 is 0 Å². The summed E-state index contributed by atoms with van der Waals surface area (Å²) in [7, 11) is 0. The Labute approximate surface area is 327 Å². The molecule has 0 aliphatic rings. The van der Waals surface area contributed by atoms with Crippen molar-refractivity contribution < 1.29 is 0 Å². The summed E-state index contributed by atoms with van der Waals surface area (Å²) in [6, 6.07) is 67.9. The third kappa shape index (κ3) is 6.92. The van der Waals surface area contributed by atoms with Crippen molar-refractivity contribution in [2.24, 2.45) is 0 Å². The van der Waals surface area contributed by atoms with Crippen molar-refractivity contribution in [3.8, 4) is 89.8 Å². The molecule has 4 heteroatoms. The average Bonchev–Trinajstić information content (AvgIpc) is 3.27. The van der Waals surface area contributed by atoms with Gasteiger partial charge in [-0.3, -0.25) is 4.98 Å². The summed E-state index contributed by atoms with van der Waals surface area (Å²) >= 11 is 0. The van der Waals surface area contributed by atoms with Crippen molar-refractivity contribution in [3.63, 3.8) is 0 Å². The van der Waals surface area contributed by atoms with Crippen molar-refractivity contribution in [3.05, 3.63) is 206 Å². The van der Waals surface area contributed by atoms with Crippen LogP contribution in [0.3, 0.4) is 0 Å². The summed E-state index contributed by atoms with van der Waals surface area (Å²) in [5.41, 5.74) is 16.0. The molecule has 9 rings (SSSR count). The molecule has 0 aliphatic carbocycles. The highest BCUT2D eigenvalue weighted by Gasteiger charge is 2.19. The highest BCUT2D eigenvalue weighted by atomic mass is 15.0. The van der Waals surface area contributed by atoms with Crippen molar-refractivity contribution in [2.75, 3.05) is 0 Å². The van der Waals surface area contributed by atoms with E-state index in [-0.39, 0.29) is 0 Å². The lowest BCUT2D eigenvalue weighted by Gasteiger charge is -2.19. The van der Waals surface area contributed by atoms with Gasteiger partial charge in [-0.15, -0.1) is 0 Å². The van der Waals surface area contributed by atoms with Gasteiger partial charge in [0.1, 0.15) is 0 Å². The fourth-order valence-corrected chi connectivity index (χ4v) is 7.48. The normalized spacial score (nSPS) is 11.0. The van der Waals surface area contributed by atoms with E-state index in [4.69, 9.17) is 19.9 Å². The molecule has 7 aromatic carbocycles. The van der Waals surface area contributed by atoms with E-state index in [1.54, 1.807) is 0 Å². The molecular formula is C52H38N4. The van der Waals surface area contributed by atoms with Gasteiger partial charge < -0.3 is 0 Å². The molecule has 0 N–H and O–H groups in total. The fourth-order valence-electron chi connectivity index (χ4n) is 7.48. The lowest BCUT2D eigenvalue weighted by atomic mass is 9.84. The largest absolute Gasteiger partial charge is 0.258 e. The second kappa shape index (κ2) is 15.2. The number of rotatable bonds is 8. The summed E-state index contributed by atoms with van der Waals surface area (Å²) in [4.78, 5) is 20.2. The summed E-state index contributed by atoms with van der Waals surface area (Å²) in [6.07, 6.45) is 0. The zero-order valence-electron chi connectivity index (χ0n) is 31.3. The van der Waals surface area contributed by atoms with E-state index in [1.165, 1.54) is 22.3 Å². The van der Waals surface area contributed by atoms with E-state index < -0.39 is 0 Å². The Balaban J connectivity index is 1.24. The topological polar surface area (TPSA) is 51.6 Å². The zero-order chi connectivity index (χ0) is 37.8. The van der Waals surface area contributed by atoms with Gasteiger partial charge in [-0.25, -0.2) is 15.0 Å². The highest BCUT2D eigenvalue weighted by molar-refractivity contribution is 5.98. The first-order chi connectivity index (χ1) is 27.6. The quantitative estimate of drug-likeness (QED) is 0.157. The maximum atomic E-state index is 5.21. The smallest absolute Gasteiger partial charge is 0.164 e. The summed E-state index contributed by atoms with van der Waals surface area (Å²) in [5, 5.41) is 0. The van der Waals surface area contributed by atoms with Crippen LogP contribution in [0.4, 0.5) is 0 Å². The van der Waals surface area contributed by atoms with E-state index in [9.17, 15) is 0 Å². The molecule has 9 aromatic rings. The Morgan fingerprint density at radius 2 is 0.732 bits per heavy atom. The van der Waals surface area contributed by atoms with Gasteiger partial charge in [-0.2, -0.15) is 0 Å². The van der Waals surface area contributed by atoms with E-state index in [0.717, 1.165) is 61.5 Å². The standard InChI is InChI=1S/C52H38N4/c1-35-30-31-44(36(2)53-35)45-28-15-16-29-46(45)52-55-50(40-24-13-6-14-25-40)54-51(56-52)42-27-17-26-41(32-42)43-33-47(37-18-7-3-8-19-37)49(39-22-11-5-12-23-39)48(34-43)38-20-9-4-10-21-38/h3-34H,1-2H3. The van der Waals surface area contributed by atoms with Gasteiger partial charge in [-0.1, -0.05) is 170 Å². The lowest BCUT2D eigenvalue weighted by Crippen LogP contribution is -2.01. The lowest BCUT2D eigenvalue weighted by molar-refractivity contribution is 1.07. The van der Waals surface area contributed by atoms with Crippen LogP contribution in [0.5, 0.6) is 0 Å². The van der Waals surface area contributed by atoms with Crippen LogP contribution < -0.4 is 0 Å². The van der Waals surface area contributed by atoms with Crippen LogP contribution in [-0.2, 0) is 0 Å². The molecule has 0 atom stereocenters. The minimum atomic E-state index is 0.608. The summed E-state index contributed by atoms with van der Waals surface area (Å²) in [5.74, 6) is 1.84. The molecule has 2 heterocycles. The minimum absolute atomic E-state index is 0.608. The van der Waals surface area contributed by atoms with Crippen LogP contribution in [0.15, 0.2) is 194 Å². The fraction of sp³-hybridized carbons (Fsp3) is 0.0385. The van der Waals surface area contributed by atoms with Crippen LogP contribution in [-0.4, -0.2) is 19.9 Å². The maximum absolute atomic E-state index is 5.21. The summed E-state index contributed by atoms with van der Waals surface area (Å²) < 4.78 is 0. The van der Waals surface area contributed by atoms with Gasteiger partial charge >= 0.3 is 0 Å². The highest BCUT2D eigenvalue weighted by Crippen LogP contribution is 2.44. The van der Waals surface area contributed by atoms with E-state index in [1.807, 2.05) is 43.3 Å². The number of benzene rings is 7. The molecule has 0 saturated heterocycles. The molecule has 0 radical (unpaired) electrons. The van der Waals surface area contributed by atoms with Crippen LogP contribution in [0, 0.1) is 13.8 Å². The number of nitrogens with zero attached hydrogens (tertiary/aromatic N) is 4. The van der Waals surface area contributed by atoms with Crippen molar-refractivity contribution in [1.29, 1.82) is 0 Å². The second-order valence-corrected chi connectivity index (χ2v) is 13.9. The molecule has 4 nitrogen and oxygen atoms in total. The van der Waals surface area contributed by atoms with Crippen LogP contribution >= 0.6 is 0 Å². The predicted molar refractivity (Wildman–Crippen MR) is 231 cm³/mol. The number of hydrogen-bond acceptors (Lipinski definition) is 4. The third-order valence-electron chi connectivity index (χ3n) is 10.2. The molecular weight excluding hydrogens is 681 g/mol. The van der Waals surface area contributed by atoms with Gasteiger partial charge in [0.25, 0.3) is 0 Å². The predicted octanol–water partition coefficient (Wildman–Crippen LogP) is 13.2. The Kier molecular flexibility index (Phi) is 9.36. The Bertz CT molecular complexity index is 2740. The van der Waals surface area contributed by atoms with Gasteiger partial charge in [0.05, 0.1) is 0 Å². The first-order valence-corrected chi connectivity index (χ1v) is 18.9. The second-order valence-electron chi connectivity index (χ2n) is 13.9. The van der Waals surface area contributed by atoms with Gasteiger partial charge in [0, 0.05) is 33.6 Å². The molecule has 0 aliphatic heterocycles. The van der Waals surface area contributed by atoms with Crippen LogP contribution in [0.25, 0.3) is 89.8 Å². The number of aryl methyl sites for hydroxylation is 2. The maximum Gasteiger partial charge on any atom is 0.164 e. The minimum Gasteiger partial charge on any atom is -0.258 e. The van der Waals surface area contributed by atoms with Crippen molar-refractivity contribution >= 4 is 0 Å². The number of pyridine rings is 1. The Morgan fingerprint density at radius 1 is 0.268 bits per heavy atom. The van der Waals surface area contributed by atoms with Gasteiger partial charge in [0.2, 0.25) is 0 Å². The molecule has 0 amide bonds. The molecule has 0 saturated carbocycles. The molecule has 0 fully saturated rings. The zero-order valence-corrected chi connectivity index (χ0v) is 31.3. The molecule has 2 aromatic heterocycles. The van der Waals surface area contributed by atoms with Crippen LogP contribution in [0.2, 0.25) is 0 Å². The van der Waals surface area contributed by atoms with E-state index in [0.29, 0.717) is 17.5 Å². The molecule has 0 bridgehead atoms. The first-order valence-electron chi connectivity index (χ1n) is 18.9. The molecule has 266 valence electrons. The van der Waals surface area contributed by atoms with E-state index in [2.05, 4.69) is 165 Å². The monoisotopic (exact) mass is 718 g/mol. The van der Waals surface area contributed by atoms with Gasteiger partial charge in [0.15, 0.2) is 17.5 Å². The van der Waals surface area contributed by atoms with Crippen LogP contribution in [0.1, 0.15) is 11.4 Å². The molecule has 0 spiro atoms. The molecule has 0 unspecified atom stereocenters. The average molecular weight is 719 g/mol. The number of aromatic nitrogens is 4.